The van der Waals surface area contributed by atoms with Crippen molar-refractivity contribution in [2.24, 2.45) is 13.0 Å². The molecule has 1 aromatic carbocycles. The topological polar surface area (TPSA) is 47.4 Å². The van der Waals surface area contributed by atoms with Gasteiger partial charge in [0.2, 0.25) is 5.88 Å². The van der Waals surface area contributed by atoms with E-state index in [2.05, 4.69) is 29.4 Å². The number of thioether (sulfide) groups is 1. The van der Waals surface area contributed by atoms with E-state index in [1.54, 1.807) is 18.8 Å². The number of hydrogen-bond acceptors (Lipinski definition) is 4. The van der Waals surface area contributed by atoms with Gasteiger partial charge in [-0.3, -0.25) is 4.79 Å². The van der Waals surface area contributed by atoms with Gasteiger partial charge in [-0.15, -0.1) is 11.8 Å². The van der Waals surface area contributed by atoms with E-state index >= 15 is 0 Å². The van der Waals surface area contributed by atoms with Gasteiger partial charge in [0.25, 0.3) is 5.91 Å². The van der Waals surface area contributed by atoms with Gasteiger partial charge in [0.05, 0.1) is 12.8 Å². The third-order valence-corrected chi connectivity index (χ3v) is 5.62. The summed E-state index contributed by atoms with van der Waals surface area (Å²) in [5.41, 5.74) is 1.32. The monoisotopic (exact) mass is 345 g/mol. The van der Waals surface area contributed by atoms with Gasteiger partial charge in [-0.05, 0) is 31.4 Å². The van der Waals surface area contributed by atoms with E-state index in [4.69, 9.17) is 4.74 Å². The molecule has 0 bridgehead atoms. The molecule has 1 aromatic heterocycles. The van der Waals surface area contributed by atoms with Crippen LogP contribution in [-0.2, 0) is 7.05 Å². The Morgan fingerprint density at radius 2 is 2.12 bits per heavy atom. The van der Waals surface area contributed by atoms with E-state index in [9.17, 15) is 4.79 Å². The molecule has 1 amide bonds. The zero-order valence-corrected chi connectivity index (χ0v) is 15.2. The van der Waals surface area contributed by atoms with Gasteiger partial charge < -0.3 is 9.64 Å². The van der Waals surface area contributed by atoms with Crippen LogP contribution < -0.4 is 4.74 Å². The maximum atomic E-state index is 12.9. The highest BCUT2D eigenvalue weighted by Crippen LogP contribution is 2.29. The number of methoxy groups -OCH3 is 1. The fraction of sp³-hybridized carbons (Fsp3) is 0.444. The molecular formula is C18H23N3O2S. The Kier molecular flexibility index (Phi) is 5.14. The summed E-state index contributed by atoms with van der Waals surface area (Å²) in [4.78, 5) is 16.1. The summed E-state index contributed by atoms with van der Waals surface area (Å²) < 4.78 is 6.99. The number of rotatable bonds is 5. The van der Waals surface area contributed by atoms with E-state index < -0.39 is 0 Å². The Hall–Kier alpha value is -1.95. The van der Waals surface area contributed by atoms with Gasteiger partial charge in [-0.25, -0.2) is 4.68 Å². The summed E-state index contributed by atoms with van der Waals surface area (Å²) >= 11 is 1.86. The first-order chi connectivity index (χ1) is 11.6. The lowest BCUT2D eigenvalue weighted by molar-refractivity contribution is 0.0784. The van der Waals surface area contributed by atoms with E-state index in [0.717, 1.165) is 31.0 Å². The van der Waals surface area contributed by atoms with E-state index in [-0.39, 0.29) is 5.91 Å². The number of nitrogens with zero attached hydrogens (tertiary/aromatic N) is 3. The molecule has 1 fully saturated rings. The summed E-state index contributed by atoms with van der Waals surface area (Å²) in [6.07, 6.45) is 1.05. The number of hydrogen-bond donors (Lipinski definition) is 0. The second-order valence-electron chi connectivity index (χ2n) is 6.12. The van der Waals surface area contributed by atoms with Crippen LogP contribution in [0.15, 0.2) is 35.2 Å². The number of benzene rings is 1. The van der Waals surface area contributed by atoms with Crippen LogP contribution in [0.2, 0.25) is 0 Å². The highest BCUT2D eigenvalue weighted by molar-refractivity contribution is 7.99. The van der Waals surface area contributed by atoms with Crippen molar-refractivity contribution in [3.8, 4) is 5.88 Å². The molecule has 2 heterocycles. The number of carbonyl (C=O) groups excluding carboxylic acids is 1. The minimum atomic E-state index is 0.0321. The van der Waals surface area contributed by atoms with Gasteiger partial charge in [0.1, 0.15) is 5.56 Å². The van der Waals surface area contributed by atoms with Gasteiger partial charge >= 0.3 is 0 Å². The largest absolute Gasteiger partial charge is 0.481 e. The number of aromatic nitrogens is 2. The highest BCUT2D eigenvalue weighted by atomic mass is 32.2. The minimum absolute atomic E-state index is 0.0321. The number of amides is 1. The van der Waals surface area contributed by atoms with Crippen molar-refractivity contribution < 1.29 is 9.53 Å². The van der Waals surface area contributed by atoms with Crippen LogP contribution in [0.1, 0.15) is 22.5 Å². The average Bonchev–Trinajstić information content (AvgIpc) is 3.17. The lowest BCUT2D eigenvalue weighted by atomic mass is 10.2. The molecule has 0 spiro atoms. The first-order valence-electron chi connectivity index (χ1n) is 8.15. The fourth-order valence-corrected chi connectivity index (χ4v) is 4.21. The van der Waals surface area contributed by atoms with Gasteiger partial charge in [0.15, 0.2) is 0 Å². The molecule has 3 rings (SSSR count). The molecule has 0 radical (unpaired) electrons. The quantitative estimate of drug-likeness (QED) is 0.782. The van der Waals surface area contributed by atoms with Crippen molar-refractivity contribution in [3.63, 3.8) is 0 Å². The minimum Gasteiger partial charge on any atom is -0.481 e. The number of likely N-dealkylation sites (tertiary alicyclic amines) is 1. The lowest BCUT2D eigenvalue weighted by Crippen LogP contribution is -2.29. The molecule has 1 atom stereocenters. The Labute approximate surface area is 147 Å². The molecule has 5 nitrogen and oxygen atoms in total. The second-order valence-corrected chi connectivity index (χ2v) is 7.22. The standard InChI is InChI=1S/C18H23N3O2S/c1-13-16(18(23-3)20(2)19-13)17(22)21-10-9-14(11-21)12-24-15-7-5-4-6-8-15/h4-8,14H,9-12H2,1-3H3/t14-/m1/s1. The molecule has 2 aromatic rings. The Morgan fingerprint density at radius 3 is 2.83 bits per heavy atom. The van der Waals surface area contributed by atoms with Crippen LogP contribution in [0, 0.1) is 12.8 Å². The zero-order chi connectivity index (χ0) is 17.1. The third-order valence-electron chi connectivity index (χ3n) is 4.38. The van der Waals surface area contributed by atoms with Gasteiger partial charge in [-0.2, -0.15) is 5.10 Å². The molecule has 1 aliphatic rings. The fourth-order valence-electron chi connectivity index (χ4n) is 3.16. The van der Waals surface area contributed by atoms with Crippen LogP contribution in [0.5, 0.6) is 5.88 Å². The molecule has 24 heavy (non-hydrogen) atoms. The molecular weight excluding hydrogens is 322 g/mol. The molecule has 1 saturated heterocycles. The Balaban J connectivity index is 1.62. The molecule has 128 valence electrons. The van der Waals surface area contributed by atoms with E-state index in [1.807, 2.05) is 29.7 Å². The van der Waals surface area contributed by atoms with Crippen LogP contribution in [-0.4, -0.2) is 46.5 Å². The first-order valence-corrected chi connectivity index (χ1v) is 9.13. The van der Waals surface area contributed by atoms with E-state index in [1.165, 1.54) is 4.90 Å². The summed E-state index contributed by atoms with van der Waals surface area (Å²) in [5.74, 6) is 2.14. The lowest BCUT2D eigenvalue weighted by Gasteiger charge is -2.17. The summed E-state index contributed by atoms with van der Waals surface area (Å²) in [6.45, 7) is 3.46. The van der Waals surface area contributed by atoms with Crippen LogP contribution in [0.4, 0.5) is 0 Å². The van der Waals surface area contributed by atoms with Crippen LogP contribution in [0.3, 0.4) is 0 Å². The predicted octanol–water partition coefficient (Wildman–Crippen LogP) is 2.99. The van der Waals surface area contributed by atoms with Gasteiger partial charge in [-0.1, -0.05) is 18.2 Å². The van der Waals surface area contributed by atoms with Gasteiger partial charge in [0, 0.05) is 30.8 Å². The molecule has 6 heteroatoms. The summed E-state index contributed by atoms with van der Waals surface area (Å²) in [5, 5.41) is 4.31. The van der Waals surface area contributed by atoms with Crippen LogP contribution in [0.25, 0.3) is 0 Å². The van der Waals surface area contributed by atoms with Crippen molar-refractivity contribution in [1.82, 2.24) is 14.7 Å². The number of carbonyl (C=O) groups is 1. The predicted molar refractivity (Wildman–Crippen MR) is 95.7 cm³/mol. The van der Waals surface area contributed by atoms with Crippen LogP contribution >= 0.6 is 11.8 Å². The zero-order valence-electron chi connectivity index (χ0n) is 14.4. The maximum absolute atomic E-state index is 12.9. The first kappa shape index (κ1) is 16.9. The third kappa shape index (κ3) is 3.43. The van der Waals surface area contributed by atoms with E-state index in [0.29, 0.717) is 17.4 Å². The molecule has 1 aliphatic heterocycles. The maximum Gasteiger partial charge on any atom is 0.261 e. The van der Waals surface area contributed by atoms with Crippen molar-refractivity contribution >= 4 is 17.7 Å². The van der Waals surface area contributed by atoms with Crippen molar-refractivity contribution in [1.29, 1.82) is 0 Å². The molecule has 0 N–H and O–H groups in total. The molecule has 0 aliphatic carbocycles. The normalized spacial score (nSPS) is 17.3. The molecule has 0 unspecified atom stereocenters. The Bertz CT molecular complexity index is 715. The Morgan fingerprint density at radius 1 is 1.38 bits per heavy atom. The number of aryl methyl sites for hydroxylation is 2. The van der Waals surface area contributed by atoms with Crippen molar-refractivity contribution in [2.75, 3.05) is 26.0 Å². The average molecular weight is 345 g/mol. The SMILES string of the molecule is COc1c(C(=O)N2CC[C@@H](CSc3ccccc3)C2)c(C)nn1C. The summed E-state index contributed by atoms with van der Waals surface area (Å²) in [7, 11) is 3.38. The summed E-state index contributed by atoms with van der Waals surface area (Å²) in [6, 6.07) is 10.4. The smallest absolute Gasteiger partial charge is 0.261 e. The highest BCUT2D eigenvalue weighted by Gasteiger charge is 2.31. The van der Waals surface area contributed by atoms with Crippen molar-refractivity contribution in [2.45, 2.75) is 18.2 Å². The second kappa shape index (κ2) is 7.30. The molecule has 0 saturated carbocycles. The van der Waals surface area contributed by atoms with Crippen molar-refractivity contribution in [3.05, 3.63) is 41.6 Å². The number of ether oxygens (including phenoxy) is 1.